The Hall–Kier alpha value is -2.69. The maximum atomic E-state index is 12.5. The summed E-state index contributed by atoms with van der Waals surface area (Å²) in [5.41, 5.74) is 2.11. The molecule has 0 atom stereocenters. The van der Waals surface area contributed by atoms with E-state index in [1.807, 2.05) is 38.1 Å². The van der Waals surface area contributed by atoms with Crippen LogP contribution in [0.3, 0.4) is 0 Å². The lowest BCUT2D eigenvalue weighted by Gasteiger charge is -2.35. The lowest BCUT2D eigenvalue weighted by molar-refractivity contribution is 0.0977. The molecule has 172 valence electrons. The Morgan fingerprint density at radius 2 is 1.66 bits per heavy atom. The predicted octanol–water partition coefficient (Wildman–Crippen LogP) is 2.68. The maximum absolute atomic E-state index is 12.5. The van der Waals surface area contributed by atoms with E-state index in [0.29, 0.717) is 37.5 Å². The van der Waals surface area contributed by atoms with Gasteiger partial charge in [0.15, 0.2) is 5.11 Å². The number of nitrogens with zero attached hydrogens (tertiary/aromatic N) is 2. The van der Waals surface area contributed by atoms with Crippen molar-refractivity contribution < 1.29 is 17.9 Å². The molecule has 1 saturated heterocycles. The van der Waals surface area contributed by atoms with E-state index < -0.39 is 10.0 Å². The summed E-state index contributed by atoms with van der Waals surface area (Å²) in [6.45, 7) is 5.85. The first-order valence-corrected chi connectivity index (χ1v) is 12.6. The van der Waals surface area contributed by atoms with E-state index in [0.717, 1.165) is 11.4 Å². The summed E-state index contributed by atoms with van der Waals surface area (Å²) in [6.07, 6.45) is 1.28. The summed E-state index contributed by atoms with van der Waals surface area (Å²) in [5.74, 6) is 0.375. The minimum Gasteiger partial charge on any atom is -0.491 e. The molecule has 8 nitrogen and oxygen atoms in total. The van der Waals surface area contributed by atoms with Crippen LogP contribution < -0.4 is 20.3 Å². The van der Waals surface area contributed by atoms with Gasteiger partial charge >= 0.3 is 0 Å². The maximum Gasteiger partial charge on any atom is 0.257 e. The van der Waals surface area contributed by atoms with E-state index >= 15 is 0 Å². The third-order valence-electron chi connectivity index (χ3n) is 4.92. The standard InChI is InChI=1S/C22H28N4O4S2/c1-16(2)30-18-10-8-17(9-11-18)21(27)24-22(31)23-19-6-4-5-7-20(19)25-12-14-26(15-13-25)32(3,28)29/h4-11,16H,12-15H2,1-3H3,(H2,23,24,27,31). The number of rotatable bonds is 6. The minimum atomic E-state index is -3.19. The van der Waals surface area contributed by atoms with Gasteiger partial charge in [0.05, 0.1) is 23.7 Å². The van der Waals surface area contributed by atoms with Crippen molar-refractivity contribution in [2.75, 3.05) is 42.7 Å². The molecule has 1 amide bonds. The normalized spacial score (nSPS) is 14.8. The zero-order valence-electron chi connectivity index (χ0n) is 18.4. The van der Waals surface area contributed by atoms with Crippen molar-refractivity contribution in [3.8, 4) is 5.75 Å². The summed E-state index contributed by atoms with van der Waals surface area (Å²) >= 11 is 5.35. The molecule has 0 unspecified atom stereocenters. The van der Waals surface area contributed by atoms with Crippen LogP contribution in [0.4, 0.5) is 11.4 Å². The van der Waals surface area contributed by atoms with E-state index in [1.165, 1.54) is 10.6 Å². The number of thiocarbonyl (C=S) groups is 1. The molecule has 2 aromatic carbocycles. The van der Waals surface area contributed by atoms with E-state index in [2.05, 4.69) is 15.5 Å². The Morgan fingerprint density at radius 3 is 2.25 bits per heavy atom. The molecule has 0 saturated carbocycles. The molecule has 0 aromatic heterocycles. The Morgan fingerprint density at radius 1 is 1.03 bits per heavy atom. The van der Waals surface area contributed by atoms with Crippen molar-refractivity contribution in [1.29, 1.82) is 0 Å². The third kappa shape index (κ3) is 6.41. The van der Waals surface area contributed by atoms with Crippen LogP contribution in [0.25, 0.3) is 0 Å². The number of hydrogen-bond acceptors (Lipinski definition) is 6. The molecule has 1 aliphatic rings. The van der Waals surface area contributed by atoms with Gasteiger partial charge in [-0.15, -0.1) is 0 Å². The topological polar surface area (TPSA) is 91.0 Å². The predicted molar refractivity (Wildman–Crippen MR) is 131 cm³/mol. The van der Waals surface area contributed by atoms with Gasteiger partial charge in [0, 0.05) is 31.7 Å². The van der Waals surface area contributed by atoms with Crippen molar-refractivity contribution in [2.45, 2.75) is 20.0 Å². The molecule has 32 heavy (non-hydrogen) atoms. The second-order valence-electron chi connectivity index (χ2n) is 7.77. The van der Waals surface area contributed by atoms with E-state index in [9.17, 15) is 13.2 Å². The summed E-state index contributed by atoms with van der Waals surface area (Å²) in [5, 5.41) is 5.97. The highest BCUT2D eigenvalue weighted by Crippen LogP contribution is 2.27. The molecule has 0 radical (unpaired) electrons. The van der Waals surface area contributed by atoms with E-state index in [-0.39, 0.29) is 17.1 Å². The summed E-state index contributed by atoms with van der Waals surface area (Å²) in [7, 11) is -3.19. The number of hydrogen-bond donors (Lipinski definition) is 2. The number of piperazine rings is 1. The number of sulfonamides is 1. The Balaban J connectivity index is 1.62. The first-order chi connectivity index (χ1) is 15.1. The molecule has 1 fully saturated rings. The number of carbonyl (C=O) groups excluding carboxylic acids is 1. The van der Waals surface area contributed by atoms with Crippen LogP contribution in [0.5, 0.6) is 5.75 Å². The van der Waals surface area contributed by atoms with Crippen molar-refractivity contribution in [1.82, 2.24) is 9.62 Å². The highest BCUT2D eigenvalue weighted by Gasteiger charge is 2.24. The molecular weight excluding hydrogens is 448 g/mol. The molecule has 3 rings (SSSR count). The fourth-order valence-electron chi connectivity index (χ4n) is 3.40. The van der Waals surface area contributed by atoms with Gasteiger partial charge in [-0.3, -0.25) is 10.1 Å². The largest absolute Gasteiger partial charge is 0.491 e. The number of benzene rings is 2. The highest BCUT2D eigenvalue weighted by molar-refractivity contribution is 7.88. The third-order valence-corrected chi connectivity index (χ3v) is 6.42. The number of ether oxygens (including phenoxy) is 1. The number of nitrogens with one attached hydrogen (secondary N) is 2. The fourth-order valence-corrected chi connectivity index (χ4v) is 4.43. The molecule has 0 aliphatic carbocycles. The Kier molecular flexibility index (Phi) is 7.70. The van der Waals surface area contributed by atoms with Crippen LogP contribution in [0.1, 0.15) is 24.2 Å². The van der Waals surface area contributed by atoms with Crippen LogP contribution >= 0.6 is 12.2 Å². The van der Waals surface area contributed by atoms with Crippen LogP contribution in [-0.4, -0.2) is 62.3 Å². The molecule has 0 bridgehead atoms. The SMILES string of the molecule is CC(C)Oc1ccc(C(=O)NC(=S)Nc2ccccc2N2CCN(S(C)(=O)=O)CC2)cc1. The monoisotopic (exact) mass is 476 g/mol. The van der Waals surface area contributed by atoms with Crippen LogP contribution in [0, 0.1) is 0 Å². The van der Waals surface area contributed by atoms with E-state index in [1.54, 1.807) is 24.3 Å². The average molecular weight is 477 g/mol. The molecule has 2 N–H and O–H groups in total. The van der Waals surface area contributed by atoms with Crippen molar-refractivity contribution in [3.05, 3.63) is 54.1 Å². The Bertz CT molecular complexity index is 1060. The Labute approximate surface area is 194 Å². The summed E-state index contributed by atoms with van der Waals surface area (Å²) in [6, 6.07) is 14.5. The zero-order chi connectivity index (χ0) is 23.3. The summed E-state index contributed by atoms with van der Waals surface area (Å²) < 4.78 is 30.6. The number of carbonyl (C=O) groups is 1. The zero-order valence-corrected chi connectivity index (χ0v) is 20.0. The van der Waals surface area contributed by atoms with Crippen molar-refractivity contribution in [3.63, 3.8) is 0 Å². The van der Waals surface area contributed by atoms with Gasteiger partial charge in [-0.2, -0.15) is 4.31 Å². The lowest BCUT2D eigenvalue weighted by Crippen LogP contribution is -2.48. The smallest absolute Gasteiger partial charge is 0.257 e. The summed E-state index contributed by atoms with van der Waals surface area (Å²) in [4.78, 5) is 14.6. The van der Waals surface area contributed by atoms with Crippen LogP contribution in [-0.2, 0) is 10.0 Å². The molecule has 0 spiro atoms. The van der Waals surface area contributed by atoms with Gasteiger partial charge in [0.25, 0.3) is 5.91 Å². The number of para-hydroxylation sites is 2. The minimum absolute atomic E-state index is 0.0564. The van der Waals surface area contributed by atoms with Gasteiger partial charge in [0.2, 0.25) is 10.0 Å². The number of amides is 1. The first-order valence-electron chi connectivity index (χ1n) is 10.3. The van der Waals surface area contributed by atoms with Gasteiger partial charge in [-0.25, -0.2) is 8.42 Å². The van der Waals surface area contributed by atoms with Gasteiger partial charge in [-0.05, 0) is 62.5 Å². The quantitative estimate of drug-likeness (QED) is 0.620. The van der Waals surface area contributed by atoms with Crippen LogP contribution in [0.2, 0.25) is 0 Å². The molecule has 10 heteroatoms. The first kappa shape index (κ1) is 24.0. The van der Waals surface area contributed by atoms with Gasteiger partial charge < -0.3 is 15.0 Å². The van der Waals surface area contributed by atoms with Gasteiger partial charge in [-0.1, -0.05) is 12.1 Å². The van der Waals surface area contributed by atoms with Crippen LogP contribution in [0.15, 0.2) is 48.5 Å². The molecule has 2 aromatic rings. The fraction of sp³-hybridized carbons (Fsp3) is 0.364. The molecular formula is C22H28N4O4S2. The van der Waals surface area contributed by atoms with Crippen molar-refractivity contribution in [2.24, 2.45) is 0 Å². The number of anilines is 2. The lowest BCUT2D eigenvalue weighted by atomic mass is 10.2. The average Bonchev–Trinajstić information content (AvgIpc) is 2.73. The molecule has 1 heterocycles. The van der Waals surface area contributed by atoms with Crippen molar-refractivity contribution >= 4 is 44.6 Å². The van der Waals surface area contributed by atoms with E-state index in [4.69, 9.17) is 17.0 Å². The highest BCUT2D eigenvalue weighted by atomic mass is 32.2. The van der Waals surface area contributed by atoms with Gasteiger partial charge in [0.1, 0.15) is 5.75 Å². The molecule has 1 aliphatic heterocycles. The second-order valence-corrected chi connectivity index (χ2v) is 10.2. The second kappa shape index (κ2) is 10.3.